The van der Waals surface area contributed by atoms with E-state index in [2.05, 4.69) is 15.3 Å². The molecule has 3 heterocycles. The number of anilines is 1. The van der Waals surface area contributed by atoms with Crippen LogP contribution in [0.5, 0.6) is 0 Å². The van der Waals surface area contributed by atoms with Gasteiger partial charge in [-0.3, -0.25) is 4.90 Å². The Morgan fingerprint density at radius 2 is 1.96 bits per heavy atom. The number of rotatable bonds is 5. The molecule has 0 atom stereocenters. The molecule has 1 N–H and O–H groups in total. The van der Waals surface area contributed by atoms with Gasteiger partial charge in [0, 0.05) is 6.54 Å². The minimum atomic E-state index is -4.15. The summed E-state index contributed by atoms with van der Waals surface area (Å²) in [5.41, 5.74) is 0.773. The zero-order valence-electron chi connectivity index (χ0n) is 16.0. The Balaban J connectivity index is 1.70. The molecule has 2 aromatic heterocycles. The van der Waals surface area contributed by atoms with E-state index < -0.39 is 18.7 Å². The van der Waals surface area contributed by atoms with Gasteiger partial charge in [-0.05, 0) is 51.3 Å². The highest BCUT2D eigenvalue weighted by molar-refractivity contribution is 7.20. The van der Waals surface area contributed by atoms with Gasteiger partial charge in [-0.25, -0.2) is 14.8 Å². The summed E-state index contributed by atoms with van der Waals surface area (Å²) in [6.07, 6.45) is -2.75. The van der Waals surface area contributed by atoms with E-state index in [1.54, 1.807) is 6.92 Å². The van der Waals surface area contributed by atoms with Gasteiger partial charge in [-0.1, -0.05) is 0 Å². The standard InChI is InChI=1S/C18H23F3N4O2S/c1-10-13-15(23-11(2)24-16(13)28-14(10)17(26)27-3)22-8-12-4-6-25(7-5-12)9-18(19,20)21/h12H,4-9H2,1-3H3,(H,22,23,24). The Morgan fingerprint density at radius 3 is 2.57 bits per heavy atom. The predicted octanol–water partition coefficient (Wildman–Crippen LogP) is 3.78. The Morgan fingerprint density at radius 1 is 1.29 bits per heavy atom. The van der Waals surface area contributed by atoms with Crippen LogP contribution in [0.15, 0.2) is 0 Å². The van der Waals surface area contributed by atoms with Gasteiger partial charge in [0.25, 0.3) is 0 Å². The normalized spacial score (nSPS) is 16.5. The second-order valence-corrected chi connectivity index (χ2v) is 8.06. The minimum absolute atomic E-state index is 0.272. The van der Waals surface area contributed by atoms with Crippen molar-refractivity contribution >= 4 is 33.3 Å². The van der Waals surface area contributed by atoms with Crippen LogP contribution < -0.4 is 5.32 Å². The van der Waals surface area contributed by atoms with Crippen LogP contribution in [0.4, 0.5) is 19.0 Å². The maximum absolute atomic E-state index is 12.5. The summed E-state index contributed by atoms with van der Waals surface area (Å²) in [7, 11) is 1.34. The number of nitrogens with one attached hydrogen (secondary N) is 1. The van der Waals surface area contributed by atoms with Crippen molar-refractivity contribution in [2.45, 2.75) is 32.9 Å². The molecule has 0 unspecified atom stereocenters. The molecule has 0 aromatic carbocycles. The molecule has 3 rings (SSSR count). The zero-order valence-corrected chi connectivity index (χ0v) is 16.8. The molecule has 154 valence electrons. The average Bonchev–Trinajstić information content (AvgIpc) is 2.95. The highest BCUT2D eigenvalue weighted by Gasteiger charge is 2.32. The molecule has 0 amide bonds. The van der Waals surface area contributed by atoms with Crippen LogP contribution in [0.25, 0.3) is 10.2 Å². The van der Waals surface area contributed by atoms with Crippen molar-refractivity contribution in [2.24, 2.45) is 5.92 Å². The number of aryl methyl sites for hydroxylation is 2. The SMILES string of the molecule is COC(=O)c1sc2nc(C)nc(NCC3CCN(CC(F)(F)F)CC3)c2c1C. The number of fused-ring (bicyclic) bond motifs is 1. The van der Waals surface area contributed by atoms with Crippen LogP contribution in [-0.4, -0.2) is 60.3 Å². The van der Waals surface area contributed by atoms with Crippen molar-refractivity contribution < 1.29 is 22.7 Å². The van der Waals surface area contributed by atoms with Crippen LogP contribution in [0, 0.1) is 19.8 Å². The Kier molecular flexibility index (Phi) is 6.09. The van der Waals surface area contributed by atoms with Crippen LogP contribution in [0.2, 0.25) is 0 Å². The maximum Gasteiger partial charge on any atom is 0.401 e. The van der Waals surface area contributed by atoms with Gasteiger partial charge in [0.1, 0.15) is 21.3 Å². The number of methoxy groups -OCH3 is 1. The minimum Gasteiger partial charge on any atom is -0.465 e. The largest absolute Gasteiger partial charge is 0.465 e. The molecular weight excluding hydrogens is 393 g/mol. The van der Waals surface area contributed by atoms with Crippen LogP contribution in [-0.2, 0) is 4.74 Å². The van der Waals surface area contributed by atoms with E-state index in [-0.39, 0.29) is 5.92 Å². The number of thiophene rings is 1. The van der Waals surface area contributed by atoms with Crippen molar-refractivity contribution in [1.82, 2.24) is 14.9 Å². The van der Waals surface area contributed by atoms with Gasteiger partial charge in [-0.15, -0.1) is 11.3 Å². The highest BCUT2D eigenvalue weighted by Crippen LogP contribution is 2.34. The van der Waals surface area contributed by atoms with E-state index in [1.807, 2.05) is 6.92 Å². The topological polar surface area (TPSA) is 67.3 Å². The van der Waals surface area contributed by atoms with Gasteiger partial charge in [0.2, 0.25) is 0 Å². The second kappa shape index (κ2) is 8.20. The van der Waals surface area contributed by atoms with E-state index in [4.69, 9.17) is 4.74 Å². The average molecular weight is 416 g/mol. The number of aromatic nitrogens is 2. The fourth-order valence-electron chi connectivity index (χ4n) is 3.50. The number of alkyl halides is 3. The number of halogens is 3. The van der Waals surface area contributed by atoms with Crippen molar-refractivity contribution in [1.29, 1.82) is 0 Å². The number of hydrogen-bond donors (Lipinski definition) is 1. The summed E-state index contributed by atoms with van der Waals surface area (Å²) in [4.78, 5) is 23.5. The van der Waals surface area contributed by atoms with Crippen LogP contribution >= 0.6 is 11.3 Å². The molecule has 10 heteroatoms. The number of esters is 1. The van der Waals surface area contributed by atoms with E-state index in [9.17, 15) is 18.0 Å². The molecular formula is C18H23F3N4O2S. The zero-order chi connectivity index (χ0) is 20.5. The first-order valence-electron chi connectivity index (χ1n) is 9.07. The third-order valence-electron chi connectivity index (χ3n) is 4.94. The van der Waals surface area contributed by atoms with E-state index >= 15 is 0 Å². The van der Waals surface area contributed by atoms with Crippen molar-refractivity contribution in [3.8, 4) is 0 Å². The predicted molar refractivity (Wildman–Crippen MR) is 102 cm³/mol. The molecule has 1 fully saturated rings. The summed E-state index contributed by atoms with van der Waals surface area (Å²) in [6, 6.07) is 0. The smallest absolute Gasteiger partial charge is 0.401 e. The number of carbonyl (C=O) groups excluding carboxylic acids is 1. The highest BCUT2D eigenvalue weighted by atomic mass is 32.1. The fourth-order valence-corrected chi connectivity index (χ4v) is 4.65. The Hall–Kier alpha value is -1.94. The first-order valence-corrected chi connectivity index (χ1v) is 9.88. The molecule has 0 bridgehead atoms. The third-order valence-corrected chi connectivity index (χ3v) is 6.11. The lowest BCUT2D eigenvalue weighted by Gasteiger charge is -2.32. The number of nitrogens with zero attached hydrogens (tertiary/aromatic N) is 3. The van der Waals surface area contributed by atoms with Gasteiger partial charge in [0.15, 0.2) is 0 Å². The molecule has 0 spiro atoms. The van der Waals surface area contributed by atoms with Crippen LogP contribution in [0.1, 0.15) is 33.9 Å². The second-order valence-electron chi connectivity index (χ2n) is 7.06. The molecule has 1 saturated heterocycles. The molecule has 0 radical (unpaired) electrons. The van der Waals surface area contributed by atoms with Gasteiger partial charge in [-0.2, -0.15) is 13.2 Å². The summed E-state index contributed by atoms with van der Waals surface area (Å²) in [5.74, 6) is 1.12. The van der Waals surface area contributed by atoms with Crippen molar-refractivity contribution in [2.75, 3.05) is 38.6 Å². The molecule has 28 heavy (non-hydrogen) atoms. The number of likely N-dealkylation sites (tertiary alicyclic amines) is 1. The monoisotopic (exact) mass is 416 g/mol. The van der Waals surface area contributed by atoms with Gasteiger partial charge in [0.05, 0.1) is 19.0 Å². The summed E-state index contributed by atoms with van der Waals surface area (Å²) in [5, 5.41) is 4.13. The lowest BCUT2D eigenvalue weighted by Crippen LogP contribution is -2.41. The van der Waals surface area contributed by atoms with Gasteiger partial charge >= 0.3 is 12.1 Å². The lowest BCUT2D eigenvalue weighted by atomic mass is 9.96. The van der Waals surface area contributed by atoms with E-state index in [0.717, 1.165) is 10.9 Å². The first kappa shape index (κ1) is 20.8. The summed E-state index contributed by atoms with van der Waals surface area (Å²) < 4.78 is 42.4. The molecule has 1 aliphatic heterocycles. The number of ether oxygens (including phenoxy) is 1. The summed E-state index contributed by atoms with van der Waals surface area (Å²) >= 11 is 1.27. The number of piperidine rings is 1. The molecule has 6 nitrogen and oxygen atoms in total. The van der Waals surface area contributed by atoms with Gasteiger partial charge < -0.3 is 10.1 Å². The fraction of sp³-hybridized carbons (Fsp3) is 0.611. The Labute approximate surface area is 165 Å². The van der Waals surface area contributed by atoms with Crippen LogP contribution in [0.3, 0.4) is 0 Å². The van der Waals surface area contributed by atoms with E-state index in [0.29, 0.717) is 53.8 Å². The quantitative estimate of drug-likeness (QED) is 0.749. The Bertz CT molecular complexity index is 861. The molecule has 0 aliphatic carbocycles. The number of hydrogen-bond acceptors (Lipinski definition) is 7. The molecule has 1 aliphatic rings. The third kappa shape index (κ3) is 4.72. The lowest BCUT2D eigenvalue weighted by molar-refractivity contribution is -0.148. The maximum atomic E-state index is 12.5. The van der Waals surface area contributed by atoms with Crippen molar-refractivity contribution in [3.05, 3.63) is 16.3 Å². The molecule has 2 aromatic rings. The first-order chi connectivity index (χ1) is 13.2. The van der Waals surface area contributed by atoms with Crippen molar-refractivity contribution in [3.63, 3.8) is 0 Å². The molecule has 0 saturated carbocycles. The number of carbonyl (C=O) groups is 1. The van der Waals surface area contributed by atoms with E-state index in [1.165, 1.54) is 23.3 Å². The summed E-state index contributed by atoms with van der Waals surface area (Å²) in [6.45, 7) is 4.28.